The summed E-state index contributed by atoms with van der Waals surface area (Å²) < 4.78 is 13.3. The summed E-state index contributed by atoms with van der Waals surface area (Å²) in [6, 6.07) is 6.23. The van der Waals surface area contributed by atoms with Gasteiger partial charge in [0.05, 0.1) is 18.5 Å². The molecule has 1 atom stereocenters. The van der Waals surface area contributed by atoms with Crippen molar-refractivity contribution >= 4 is 11.7 Å². The van der Waals surface area contributed by atoms with Gasteiger partial charge < -0.3 is 0 Å². The van der Waals surface area contributed by atoms with E-state index >= 15 is 0 Å². The lowest BCUT2D eigenvalue weighted by Gasteiger charge is -2.45. The molecule has 5 heteroatoms. The van der Waals surface area contributed by atoms with Crippen molar-refractivity contribution in [2.24, 2.45) is 0 Å². The Morgan fingerprint density at radius 3 is 2.90 bits per heavy atom. The normalized spacial score (nSPS) is 27.0. The summed E-state index contributed by atoms with van der Waals surface area (Å²) in [4.78, 5) is 24.3. The summed E-state index contributed by atoms with van der Waals surface area (Å²) in [7, 11) is 0. The third-order valence-corrected chi connectivity index (χ3v) is 4.32. The number of nitrogens with zero attached hydrogens (tertiary/aromatic N) is 2. The largest absolute Gasteiger partial charge is 0.297 e. The average molecular weight is 276 g/mol. The Morgan fingerprint density at radius 1 is 1.35 bits per heavy atom. The number of ketones is 1. The molecule has 20 heavy (non-hydrogen) atoms. The molecule has 2 aliphatic heterocycles. The maximum absolute atomic E-state index is 13.3. The molecule has 0 aliphatic carbocycles. The number of amides is 1. The van der Waals surface area contributed by atoms with E-state index in [-0.39, 0.29) is 23.9 Å². The van der Waals surface area contributed by atoms with Crippen LogP contribution in [0.25, 0.3) is 0 Å². The van der Waals surface area contributed by atoms with Gasteiger partial charge in [0.1, 0.15) is 5.82 Å². The zero-order chi connectivity index (χ0) is 14.3. The minimum absolute atomic E-state index is 0.00417. The van der Waals surface area contributed by atoms with Gasteiger partial charge in [-0.15, -0.1) is 0 Å². The molecular formula is C15H17FN2O2. The van der Waals surface area contributed by atoms with Gasteiger partial charge in [0.25, 0.3) is 0 Å². The predicted octanol–water partition coefficient (Wildman–Crippen LogP) is 1.90. The zero-order valence-corrected chi connectivity index (χ0v) is 11.4. The third kappa shape index (κ3) is 2.02. The van der Waals surface area contributed by atoms with E-state index in [9.17, 15) is 14.0 Å². The smallest absolute Gasteiger partial charge is 0.244 e. The fraction of sp³-hybridized carbons (Fsp3) is 0.467. The van der Waals surface area contributed by atoms with Crippen molar-refractivity contribution in [3.63, 3.8) is 0 Å². The van der Waals surface area contributed by atoms with Crippen LogP contribution < -0.4 is 0 Å². The van der Waals surface area contributed by atoms with Crippen LogP contribution in [0.15, 0.2) is 24.3 Å². The van der Waals surface area contributed by atoms with Gasteiger partial charge in [0.15, 0.2) is 5.78 Å². The number of hydrazine groups is 1. The summed E-state index contributed by atoms with van der Waals surface area (Å²) in [6.45, 7) is 2.91. The van der Waals surface area contributed by atoms with Crippen molar-refractivity contribution in [1.82, 2.24) is 10.0 Å². The van der Waals surface area contributed by atoms with Crippen LogP contribution in [0.5, 0.6) is 0 Å². The number of hydrogen-bond acceptors (Lipinski definition) is 3. The van der Waals surface area contributed by atoms with Gasteiger partial charge in [-0.3, -0.25) is 14.6 Å². The van der Waals surface area contributed by atoms with Crippen LogP contribution in [0.3, 0.4) is 0 Å². The standard InChI is InChI=1S/C15H17FN2O2/c1-15-6-3-7-18(15)17(14(20)9-13(15)19)10-11-4-2-5-12(16)8-11/h2,4-5,8H,3,6-7,9-10H2,1H3/t15-/m0/s1. The summed E-state index contributed by atoms with van der Waals surface area (Å²) >= 11 is 0. The highest BCUT2D eigenvalue weighted by Gasteiger charge is 2.51. The van der Waals surface area contributed by atoms with E-state index in [0.29, 0.717) is 13.1 Å². The Labute approximate surface area is 117 Å². The Hall–Kier alpha value is -1.75. The highest BCUT2D eigenvalue weighted by Crippen LogP contribution is 2.36. The van der Waals surface area contributed by atoms with E-state index in [2.05, 4.69) is 0 Å². The van der Waals surface area contributed by atoms with Crippen LogP contribution >= 0.6 is 0 Å². The van der Waals surface area contributed by atoms with Crippen molar-refractivity contribution in [3.8, 4) is 0 Å². The molecule has 0 unspecified atom stereocenters. The van der Waals surface area contributed by atoms with Crippen LogP contribution in [0.4, 0.5) is 4.39 Å². The zero-order valence-electron chi connectivity index (χ0n) is 11.4. The second-order valence-corrected chi connectivity index (χ2v) is 5.68. The first kappa shape index (κ1) is 13.2. The molecule has 1 aromatic rings. The third-order valence-electron chi connectivity index (χ3n) is 4.32. The number of benzene rings is 1. The molecule has 106 valence electrons. The van der Waals surface area contributed by atoms with Crippen molar-refractivity contribution in [1.29, 1.82) is 0 Å². The topological polar surface area (TPSA) is 40.6 Å². The van der Waals surface area contributed by atoms with E-state index in [1.165, 1.54) is 12.1 Å². The molecule has 2 heterocycles. The number of fused-ring (bicyclic) bond motifs is 1. The monoisotopic (exact) mass is 276 g/mol. The van der Waals surface area contributed by atoms with Gasteiger partial charge in [0.2, 0.25) is 5.91 Å². The van der Waals surface area contributed by atoms with Crippen LogP contribution in [0, 0.1) is 5.82 Å². The lowest BCUT2D eigenvalue weighted by atomic mass is 9.90. The molecule has 2 saturated heterocycles. The molecule has 0 radical (unpaired) electrons. The fourth-order valence-electron chi connectivity index (χ4n) is 3.15. The second-order valence-electron chi connectivity index (χ2n) is 5.68. The van der Waals surface area contributed by atoms with Gasteiger partial charge in [-0.2, -0.15) is 0 Å². The minimum Gasteiger partial charge on any atom is -0.297 e. The van der Waals surface area contributed by atoms with Gasteiger partial charge in [-0.25, -0.2) is 9.40 Å². The highest BCUT2D eigenvalue weighted by molar-refractivity contribution is 6.04. The Balaban J connectivity index is 1.88. The molecule has 0 spiro atoms. The first-order chi connectivity index (χ1) is 9.50. The predicted molar refractivity (Wildman–Crippen MR) is 70.9 cm³/mol. The van der Waals surface area contributed by atoms with Crippen LogP contribution in [0.2, 0.25) is 0 Å². The fourth-order valence-corrected chi connectivity index (χ4v) is 3.15. The van der Waals surface area contributed by atoms with E-state index in [4.69, 9.17) is 0 Å². The van der Waals surface area contributed by atoms with Gasteiger partial charge in [0, 0.05) is 6.54 Å². The maximum Gasteiger partial charge on any atom is 0.244 e. The van der Waals surface area contributed by atoms with E-state index in [1.807, 2.05) is 11.9 Å². The van der Waals surface area contributed by atoms with Crippen molar-refractivity contribution in [3.05, 3.63) is 35.6 Å². The van der Waals surface area contributed by atoms with Crippen LogP contribution in [-0.2, 0) is 16.1 Å². The molecule has 3 rings (SSSR count). The molecular weight excluding hydrogens is 259 g/mol. The molecule has 1 amide bonds. The number of carbonyl (C=O) groups is 2. The van der Waals surface area contributed by atoms with E-state index < -0.39 is 5.54 Å². The molecule has 0 N–H and O–H groups in total. The number of Topliss-reactive ketones (excluding diaryl/α,β-unsaturated/α-hetero) is 1. The van der Waals surface area contributed by atoms with Gasteiger partial charge >= 0.3 is 0 Å². The molecule has 0 aromatic heterocycles. The Morgan fingerprint density at radius 2 is 2.15 bits per heavy atom. The van der Waals surface area contributed by atoms with E-state index in [1.54, 1.807) is 17.1 Å². The Bertz CT molecular complexity index is 575. The molecule has 1 aromatic carbocycles. The quantitative estimate of drug-likeness (QED) is 0.775. The molecule has 2 fully saturated rings. The number of carbonyl (C=O) groups excluding carboxylic acids is 2. The maximum atomic E-state index is 13.3. The van der Waals surface area contributed by atoms with Crippen LogP contribution in [-0.4, -0.2) is 33.8 Å². The highest BCUT2D eigenvalue weighted by atomic mass is 19.1. The van der Waals surface area contributed by atoms with Crippen molar-refractivity contribution in [2.75, 3.05) is 6.54 Å². The lowest BCUT2D eigenvalue weighted by molar-refractivity contribution is -0.175. The van der Waals surface area contributed by atoms with Crippen molar-refractivity contribution in [2.45, 2.75) is 38.3 Å². The summed E-state index contributed by atoms with van der Waals surface area (Å²) in [6.07, 6.45) is 1.62. The molecule has 2 aliphatic rings. The number of rotatable bonds is 2. The minimum atomic E-state index is -0.568. The number of halogens is 1. The van der Waals surface area contributed by atoms with Crippen LogP contribution in [0.1, 0.15) is 31.7 Å². The summed E-state index contributed by atoms with van der Waals surface area (Å²) in [5.41, 5.74) is 0.170. The lowest BCUT2D eigenvalue weighted by Crippen LogP contribution is -2.62. The number of hydrogen-bond donors (Lipinski definition) is 0. The van der Waals surface area contributed by atoms with Gasteiger partial charge in [-0.05, 0) is 37.5 Å². The molecule has 0 saturated carbocycles. The Kier molecular flexibility index (Phi) is 3.09. The summed E-state index contributed by atoms with van der Waals surface area (Å²) in [5.74, 6) is -0.513. The second kappa shape index (κ2) is 4.66. The van der Waals surface area contributed by atoms with Crippen molar-refractivity contribution < 1.29 is 14.0 Å². The SMILES string of the molecule is C[C@@]12CCCN1N(Cc1cccc(F)c1)C(=O)CC2=O. The summed E-state index contributed by atoms with van der Waals surface area (Å²) in [5, 5.41) is 3.48. The first-order valence-corrected chi connectivity index (χ1v) is 6.86. The molecule has 4 nitrogen and oxygen atoms in total. The first-order valence-electron chi connectivity index (χ1n) is 6.86. The average Bonchev–Trinajstić information content (AvgIpc) is 2.79. The van der Waals surface area contributed by atoms with Gasteiger partial charge in [-0.1, -0.05) is 12.1 Å². The van der Waals surface area contributed by atoms with E-state index in [0.717, 1.165) is 18.4 Å². The molecule has 0 bridgehead atoms.